The summed E-state index contributed by atoms with van der Waals surface area (Å²) in [5.41, 5.74) is 3.49. The molecule has 0 N–H and O–H groups in total. The molecule has 1 unspecified atom stereocenters. The van der Waals surface area contributed by atoms with Crippen LogP contribution in [0.25, 0.3) is 0 Å². The molecule has 2 aliphatic rings. The van der Waals surface area contributed by atoms with E-state index < -0.39 is 0 Å². The lowest BCUT2D eigenvalue weighted by Crippen LogP contribution is -2.20. The molecule has 1 aromatic carbocycles. The predicted octanol–water partition coefficient (Wildman–Crippen LogP) is 3.11. The van der Waals surface area contributed by atoms with Gasteiger partial charge in [0.2, 0.25) is 0 Å². The van der Waals surface area contributed by atoms with Crippen molar-refractivity contribution in [2.45, 2.75) is 33.6 Å². The van der Waals surface area contributed by atoms with Crippen LogP contribution in [0.4, 0.5) is 5.69 Å². The number of fused-ring (bicyclic) bond motifs is 1. The monoisotopic (exact) mass is 259 g/mol. The average Bonchev–Trinajstić information content (AvgIpc) is 2.82. The summed E-state index contributed by atoms with van der Waals surface area (Å²) < 4.78 is 5.36. The molecule has 3 atom stereocenters. The number of carbonyl (C=O) groups excluding carboxylic acids is 1. The molecule has 0 saturated carbocycles. The van der Waals surface area contributed by atoms with Gasteiger partial charge in [-0.15, -0.1) is 0 Å². The Balaban J connectivity index is 1.97. The van der Waals surface area contributed by atoms with Crippen molar-refractivity contribution in [1.82, 2.24) is 0 Å². The summed E-state index contributed by atoms with van der Waals surface area (Å²) >= 11 is 0. The molecule has 0 amide bonds. The fourth-order valence-electron chi connectivity index (χ4n) is 3.12. The molecule has 19 heavy (non-hydrogen) atoms. The third-order valence-electron chi connectivity index (χ3n) is 4.69. The Morgan fingerprint density at radius 2 is 1.79 bits per heavy atom. The van der Waals surface area contributed by atoms with Crippen molar-refractivity contribution in [3.05, 3.63) is 23.3 Å². The molecule has 3 nitrogen and oxygen atoms in total. The Bertz CT molecular complexity index is 528. The molecule has 1 fully saturated rings. The van der Waals surface area contributed by atoms with E-state index in [-0.39, 0.29) is 11.9 Å². The lowest BCUT2D eigenvalue weighted by molar-refractivity contribution is -0.133. The highest BCUT2D eigenvalue weighted by atomic mass is 16.5. The number of nitrogens with zero attached hydrogens (tertiary/aromatic N) is 1. The summed E-state index contributed by atoms with van der Waals surface area (Å²) in [6, 6.07) is 4.17. The molecule has 3 rings (SSSR count). The largest absolute Gasteiger partial charge is 0.426 e. The number of anilines is 1. The minimum atomic E-state index is -0.130. The zero-order valence-electron chi connectivity index (χ0n) is 12.1. The standard InChI is InChI=1S/C16H21NO2/c1-9-5-13-12(4)16(18)19-15(13)6-14(9)17-7-10(2)11(3)8-17/h5-6,10-12H,7-8H2,1-4H3/t10-,11-,12?/m1/s1. The summed E-state index contributed by atoms with van der Waals surface area (Å²) in [4.78, 5) is 14.1. The Morgan fingerprint density at radius 3 is 2.42 bits per heavy atom. The first-order valence-electron chi connectivity index (χ1n) is 7.08. The van der Waals surface area contributed by atoms with E-state index in [0.29, 0.717) is 11.8 Å². The highest BCUT2D eigenvalue weighted by Crippen LogP contribution is 2.40. The first-order chi connectivity index (χ1) is 8.97. The van der Waals surface area contributed by atoms with Gasteiger partial charge in [0.05, 0.1) is 5.92 Å². The fraction of sp³-hybridized carbons (Fsp3) is 0.562. The average molecular weight is 259 g/mol. The highest BCUT2D eigenvalue weighted by Gasteiger charge is 2.32. The second-order valence-electron chi connectivity index (χ2n) is 6.18. The van der Waals surface area contributed by atoms with Crippen LogP contribution >= 0.6 is 0 Å². The Labute approximate surface area is 114 Å². The molecule has 0 aliphatic carbocycles. The van der Waals surface area contributed by atoms with Crippen LogP contribution in [-0.4, -0.2) is 19.1 Å². The molecule has 3 heteroatoms. The second-order valence-corrected chi connectivity index (χ2v) is 6.18. The quantitative estimate of drug-likeness (QED) is 0.573. The number of hydrogen-bond acceptors (Lipinski definition) is 3. The van der Waals surface area contributed by atoms with Gasteiger partial charge in [-0.05, 0) is 37.3 Å². The third-order valence-corrected chi connectivity index (χ3v) is 4.69. The van der Waals surface area contributed by atoms with Gasteiger partial charge in [-0.2, -0.15) is 0 Å². The van der Waals surface area contributed by atoms with Gasteiger partial charge >= 0.3 is 5.97 Å². The van der Waals surface area contributed by atoms with E-state index in [1.807, 2.05) is 6.92 Å². The van der Waals surface area contributed by atoms with E-state index in [4.69, 9.17) is 4.74 Å². The van der Waals surface area contributed by atoms with E-state index in [9.17, 15) is 4.79 Å². The maximum Gasteiger partial charge on any atom is 0.318 e. The van der Waals surface area contributed by atoms with E-state index in [1.54, 1.807) is 0 Å². The van der Waals surface area contributed by atoms with Crippen molar-refractivity contribution in [2.24, 2.45) is 11.8 Å². The molecular formula is C16H21NO2. The molecule has 2 heterocycles. The van der Waals surface area contributed by atoms with Gasteiger partial charge in [-0.3, -0.25) is 4.79 Å². The lowest BCUT2D eigenvalue weighted by atomic mass is 9.99. The summed E-state index contributed by atoms with van der Waals surface area (Å²) in [7, 11) is 0. The third kappa shape index (κ3) is 1.92. The van der Waals surface area contributed by atoms with E-state index >= 15 is 0 Å². The van der Waals surface area contributed by atoms with Gasteiger partial charge in [-0.25, -0.2) is 0 Å². The van der Waals surface area contributed by atoms with Crippen molar-refractivity contribution in [3.8, 4) is 5.75 Å². The number of ether oxygens (including phenoxy) is 1. The summed E-state index contributed by atoms with van der Waals surface area (Å²) in [6.45, 7) is 10.8. The molecule has 0 bridgehead atoms. The molecule has 2 aliphatic heterocycles. The Kier molecular flexibility index (Phi) is 2.80. The second kappa shape index (κ2) is 4.26. The highest BCUT2D eigenvalue weighted by molar-refractivity contribution is 5.86. The van der Waals surface area contributed by atoms with Gasteiger partial charge in [0.15, 0.2) is 0 Å². The van der Waals surface area contributed by atoms with Crippen LogP contribution in [0.3, 0.4) is 0 Å². The molecule has 1 saturated heterocycles. The zero-order valence-corrected chi connectivity index (χ0v) is 12.1. The maximum atomic E-state index is 11.6. The number of benzene rings is 1. The van der Waals surface area contributed by atoms with Crippen molar-refractivity contribution in [2.75, 3.05) is 18.0 Å². The van der Waals surface area contributed by atoms with E-state index in [1.165, 1.54) is 11.3 Å². The fourth-order valence-corrected chi connectivity index (χ4v) is 3.12. The normalized spacial score (nSPS) is 29.6. The molecule has 0 radical (unpaired) electrons. The first-order valence-corrected chi connectivity index (χ1v) is 7.08. The minimum Gasteiger partial charge on any atom is -0.426 e. The summed E-state index contributed by atoms with van der Waals surface area (Å²) in [5, 5.41) is 0. The summed E-state index contributed by atoms with van der Waals surface area (Å²) in [5.74, 6) is 1.93. The van der Waals surface area contributed by atoms with Crippen LogP contribution in [0.2, 0.25) is 0 Å². The number of hydrogen-bond donors (Lipinski definition) is 0. The van der Waals surface area contributed by atoms with Gasteiger partial charge in [0, 0.05) is 30.4 Å². The van der Waals surface area contributed by atoms with Gasteiger partial charge in [0.25, 0.3) is 0 Å². The molecule has 0 aromatic heterocycles. The van der Waals surface area contributed by atoms with Crippen LogP contribution < -0.4 is 9.64 Å². The smallest absolute Gasteiger partial charge is 0.318 e. The van der Waals surface area contributed by atoms with Crippen LogP contribution in [0.1, 0.15) is 37.8 Å². The molecule has 102 valence electrons. The van der Waals surface area contributed by atoms with E-state index in [2.05, 4.69) is 37.8 Å². The number of rotatable bonds is 1. The first kappa shape index (κ1) is 12.5. The topological polar surface area (TPSA) is 29.5 Å². The minimum absolute atomic E-state index is 0.126. The van der Waals surface area contributed by atoms with E-state index in [0.717, 1.165) is 24.4 Å². The molecular weight excluding hydrogens is 238 g/mol. The predicted molar refractivity (Wildman–Crippen MR) is 75.8 cm³/mol. The molecule has 1 aromatic rings. The van der Waals surface area contributed by atoms with Crippen LogP contribution in [0.5, 0.6) is 5.75 Å². The molecule has 0 spiro atoms. The van der Waals surface area contributed by atoms with Crippen molar-refractivity contribution in [3.63, 3.8) is 0 Å². The van der Waals surface area contributed by atoms with Crippen LogP contribution in [-0.2, 0) is 4.79 Å². The number of carbonyl (C=O) groups is 1. The maximum absolute atomic E-state index is 11.6. The van der Waals surface area contributed by atoms with Gasteiger partial charge in [-0.1, -0.05) is 13.8 Å². The SMILES string of the molecule is Cc1cc2c(cc1N1C[C@@H](C)[C@H](C)C1)OC(=O)C2C. The van der Waals surface area contributed by atoms with Crippen molar-refractivity contribution < 1.29 is 9.53 Å². The zero-order chi connectivity index (χ0) is 13.7. The number of esters is 1. The van der Waals surface area contributed by atoms with Crippen LogP contribution in [0, 0.1) is 18.8 Å². The lowest BCUT2D eigenvalue weighted by Gasteiger charge is -2.21. The van der Waals surface area contributed by atoms with Crippen LogP contribution in [0.15, 0.2) is 12.1 Å². The summed E-state index contributed by atoms with van der Waals surface area (Å²) in [6.07, 6.45) is 0. The van der Waals surface area contributed by atoms with Crippen molar-refractivity contribution in [1.29, 1.82) is 0 Å². The van der Waals surface area contributed by atoms with Gasteiger partial charge in [0.1, 0.15) is 5.75 Å². The number of aryl methyl sites for hydroxylation is 1. The van der Waals surface area contributed by atoms with Gasteiger partial charge < -0.3 is 9.64 Å². The Hall–Kier alpha value is -1.51. The Morgan fingerprint density at radius 1 is 1.16 bits per heavy atom. The van der Waals surface area contributed by atoms with Crippen molar-refractivity contribution >= 4 is 11.7 Å².